The number of fused-ring (bicyclic) bond motifs is 3. The third kappa shape index (κ3) is 5.38. The van der Waals surface area contributed by atoms with Gasteiger partial charge in [0.2, 0.25) is 5.91 Å². The summed E-state index contributed by atoms with van der Waals surface area (Å²) >= 11 is 0. The Morgan fingerprint density at radius 1 is 0.848 bits per heavy atom. The number of hydrogen-bond acceptors (Lipinski definition) is 4. The lowest BCUT2D eigenvalue weighted by Gasteiger charge is -2.14. The minimum atomic E-state index is -0.855. The third-order valence-electron chi connectivity index (χ3n) is 5.60. The number of carbonyl (C=O) groups is 3. The standard InChI is InChI=1S/C26H24N2O5/c29-24(28-18-12-9-17(10-13-18)11-14-25(30)31)15-27-26(32)33-16-23-21-7-3-1-5-19(21)20-6-2-4-8-22(20)23/h1-10,12-13,23H,11,14-16H2,(H,27,32)(H,28,29)(H,30,31). The minimum absolute atomic E-state index is 0.0448. The van der Waals surface area contributed by atoms with E-state index in [-0.39, 0.29) is 31.4 Å². The molecule has 0 radical (unpaired) electrons. The number of aliphatic carboxylic acids is 1. The molecule has 0 bridgehead atoms. The minimum Gasteiger partial charge on any atom is -0.481 e. The van der Waals surface area contributed by atoms with Gasteiger partial charge in [-0.3, -0.25) is 9.59 Å². The lowest BCUT2D eigenvalue weighted by molar-refractivity contribution is -0.137. The van der Waals surface area contributed by atoms with Gasteiger partial charge in [-0.1, -0.05) is 60.7 Å². The number of carbonyl (C=O) groups excluding carboxylic acids is 2. The molecule has 0 aliphatic heterocycles. The zero-order valence-corrected chi connectivity index (χ0v) is 17.9. The van der Waals surface area contributed by atoms with Crippen molar-refractivity contribution in [3.8, 4) is 11.1 Å². The maximum Gasteiger partial charge on any atom is 0.407 e. The van der Waals surface area contributed by atoms with E-state index in [1.807, 2.05) is 36.4 Å². The fourth-order valence-electron chi connectivity index (χ4n) is 4.01. The lowest BCUT2D eigenvalue weighted by Crippen LogP contribution is -2.33. The summed E-state index contributed by atoms with van der Waals surface area (Å²) in [6, 6.07) is 23.1. The van der Waals surface area contributed by atoms with Gasteiger partial charge in [0.25, 0.3) is 0 Å². The maximum absolute atomic E-state index is 12.2. The number of nitrogens with one attached hydrogen (secondary N) is 2. The van der Waals surface area contributed by atoms with Crippen LogP contribution in [-0.4, -0.2) is 36.2 Å². The van der Waals surface area contributed by atoms with Crippen LogP contribution in [0.15, 0.2) is 72.8 Å². The Bertz CT molecular complexity index is 1130. The summed E-state index contributed by atoms with van der Waals surface area (Å²) in [5.41, 5.74) is 5.97. The van der Waals surface area contributed by atoms with Gasteiger partial charge < -0.3 is 20.5 Å². The number of ether oxygens (including phenoxy) is 1. The van der Waals surface area contributed by atoms with Crippen LogP contribution < -0.4 is 10.6 Å². The summed E-state index contributed by atoms with van der Waals surface area (Å²) in [7, 11) is 0. The van der Waals surface area contributed by atoms with Gasteiger partial charge >= 0.3 is 12.1 Å². The number of rotatable bonds is 8. The number of benzene rings is 3. The van der Waals surface area contributed by atoms with Gasteiger partial charge in [0.05, 0.1) is 0 Å². The molecule has 7 nitrogen and oxygen atoms in total. The van der Waals surface area contributed by atoms with Crippen LogP contribution >= 0.6 is 0 Å². The van der Waals surface area contributed by atoms with Crippen molar-refractivity contribution in [1.29, 1.82) is 0 Å². The van der Waals surface area contributed by atoms with Crippen molar-refractivity contribution in [2.24, 2.45) is 0 Å². The molecule has 0 aromatic heterocycles. The van der Waals surface area contributed by atoms with Gasteiger partial charge in [0.15, 0.2) is 0 Å². The molecule has 3 aromatic rings. The van der Waals surface area contributed by atoms with Crippen molar-refractivity contribution in [2.45, 2.75) is 18.8 Å². The van der Waals surface area contributed by atoms with Gasteiger partial charge in [-0.15, -0.1) is 0 Å². The topological polar surface area (TPSA) is 105 Å². The quantitative estimate of drug-likeness (QED) is 0.483. The molecule has 168 valence electrons. The molecule has 7 heteroatoms. The Morgan fingerprint density at radius 3 is 2.06 bits per heavy atom. The van der Waals surface area contributed by atoms with E-state index in [1.54, 1.807) is 24.3 Å². The molecule has 1 aliphatic rings. The van der Waals surface area contributed by atoms with E-state index >= 15 is 0 Å². The SMILES string of the molecule is O=C(O)CCc1ccc(NC(=O)CNC(=O)OCC2c3ccccc3-c3ccccc32)cc1. The van der Waals surface area contributed by atoms with E-state index < -0.39 is 12.1 Å². The Balaban J connectivity index is 1.25. The first-order chi connectivity index (χ1) is 16.0. The van der Waals surface area contributed by atoms with E-state index in [0.717, 1.165) is 27.8 Å². The van der Waals surface area contributed by atoms with E-state index in [1.165, 1.54) is 0 Å². The van der Waals surface area contributed by atoms with Gasteiger partial charge in [0, 0.05) is 18.0 Å². The predicted octanol–water partition coefficient (Wildman–Crippen LogP) is 4.18. The Hall–Kier alpha value is -4.13. The van der Waals surface area contributed by atoms with Crippen LogP contribution in [0.4, 0.5) is 10.5 Å². The summed E-state index contributed by atoms with van der Waals surface area (Å²) in [4.78, 5) is 35.0. The molecule has 3 N–H and O–H groups in total. The zero-order chi connectivity index (χ0) is 23.2. The largest absolute Gasteiger partial charge is 0.481 e. The van der Waals surface area contributed by atoms with Crippen molar-refractivity contribution < 1.29 is 24.2 Å². The Labute approximate surface area is 191 Å². The fraction of sp³-hybridized carbons (Fsp3) is 0.192. The average molecular weight is 444 g/mol. The van der Waals surface area contributed by atoms with Crippen molar-refractivity contribution in [3.05, 3.63) is 89.5 Å². The number of carboxylic acids is 1. The smallest absolute Gasteiger partial charge is 0.407 e. The summed E-state index contributed by atoms with van der Waals surface area (Å²) in [6.45, 7) is -0.0449. The molecule has 1 aliphatic carbocycles. The first kappa shape index (κ1) is 22.1. The molecule has 0 saturated carbocycles. The average Bonchev–Trinajstić information content (AvgIpc) is 3.15. The third-order valence-corrected chi connectivity index (χ3v) is 5.60. The molecule has 33 heavy (non-hydrogen) atoms. The predicted molar refractivity (Wildman–Crippen MR) is 124 cm³/mol. The Kier molecular flexibility index (Phi) is 6.69. The van der Waals surface area contributed by atoms with Crippen molar-refractivity contribution >= 4 is 23.7 Å². The summed E-state index contributed by atoms with van der Waals surface area (Å²) in [5.74, 6) is -1.29. The maximum atomic E-state index is 12.2. The molecule has 0 unspecified atom stereocenters. The Morgan fingerprint density at radius 2 is 1.45 bits per heavy atom. The molecule has 3 aromatic carbocycles. The summed E-state index contributed by atoms with van der Waals surface area (Å²) < 4.78 is 5.42. The second kappa shape index (κ2) is 9.99. The van der Waals surface area contributed by atoms with E-state index in [0.29, 0.717) is 12.1 Å². The van der Waals surface area contributed by atoms with Crippen molar-refractivity contribution in [1.82, 2.24) is 5.32 Å². The van der Waals surface area contributed by atoms with Gasteiger partial charge in [-0.05, 0) is 46.4 Å². The number of aryl methyl sites for hydroxylation is 1. The van der Waals surface area contributed by atoms with Crippen LogP contribution in [0, 0.1) is 0 Å². The summed E-state index contributed by atoms with van der Waals surface area (Å²) in [6.07, 6.45) is -0.182. The van der Waals surface area contributed by atoms with Crippen LogP contribution in [0.5, 0.6) is 0 Å². The molecule has 0 spiro atoms. The molecule has 4 rings (SSSR count). The number of carboxylic acid groups (broad SMARTS) is 1. The first-order valence-electron chi connectivity index (χ1n) is 10.7. The highest BCUT2D eigenvalue weighted by Gasteiger charge is 2.29. The molecule has 2 amide bonds. The highest BCUT2D eigenvalue weighted by Crippen LogP contribution is 2.44. The molecule has 0 heterocycles. The highest BCUT2D eigenvalue weighted by atomic mass is 16.5. The monoisotopic (exact) mass is 444 g/mol. The van der Waals surface area contributed by atoms with Gasteiger partial charge in [0.1, 0.15) is 13.2 Å². The molecular formula is C26H24N2O5. The normalized spacial score (nSPS) is 11.9. The van der Waals surface area contributed by atoms with Crippen LogP contribution in [-0.2, 0) is 20.7 Å². The van der Waals surface area contributed by atoms with Crippen LogP contribution in [0.25, 0.3) is 11.1 Å². The van der Waals surface area contributed by atoms with Crippen LogP contribution in [0.3, 0.4) is 0 Å². The molecule has 0 saturated heterocycles. The zero-order valence-electron chi connectivity index (χ0n) is 17.9. The molecule has 0 fully saturated rings. The van der Waals surface area contributed by atoms with Gasteiger partial charge in [-0.25, -0.2) is 4.79 Å². The lowest BCUT2D eigenvalue weighted by atomic mass is 9.98. The van der Waals surface area contributed by atoms with Crippen molar-refractivity contribution in [3.63, 3.8) is 0 Å². The first-order valence-corrected chi connectivity index (χ1v) is 10.7. The highest BCUT2D eigenvalue weighted by molar-refractivity contribution is 5.93. The molecule has 0 atom stereocenters. The second-order valence-electron chi connectivity index (χ2n) is 7.82. The number of hydrogen-bond donors (Lipinski definition) is 3. The van der Waals surface area contributed by atoms with Crippen LogP contribution in [0.2, 0.25) is 0 Å². The summed E-state index contributed by atoms with van der Waals surface area (Å²) in [5, 5.41) is 13.9. The second-order valence-corrected chi connectivity index (χ2v) is 7.82. The number of alkyl carbamates (subject to hydrolysis) is 1. The van der Waals surface area contributed by atoms with Gasteiger partial charge in [-0.2, -0.15) is 0 Å². The molecular weight excluding hydrogens is 420 g/mol. The van der Waals surface area contributed by atoms with E-state index in [2.05, 4.69) is 22.8 Å². The van der Waals surface area contributed by atoms with Crippen LogP contribution in [0.1, 0.15) is 29.0 Å². The van der Waals surface area contributed by atoms with Crippen molar-refractivity contribution in [2.75, 3.05) is 18.5 Å². The van der Waals surface area contributed by atoms with E-state index in [4.69, 9.17) is 9.84 Å². The van der Waals surface area contributed by atoms with E-state index in [9.17, 15) is 14.4 Å². The number of amides is 2. The number of anilines is 1. The fourth-order valence-corrected chi connectivity index (χ4v) is 4.01.